The molecule has 1 unspecified atom stereocenters. The normalized spacial score (nSPS) is 18.6. The van der Waals surface area contributed by atoms with Crippen molar-refractivity contribution in [3.05, 3.63) is 22.7 Å². The summed E-state index contributed by atoms with van der Waals surface area (Å²) in [5.41, 5.74) is 6.38. The zero-order valence-electron chi connectivity index (χ0n) is 9.94. The van der Waals surface area contributed by atoms with Gasteiger partial charge in [-0.25, -0.2) is 4.79 Å². The van der Waals surface area contributed by atoms with Crippen LogP contribution < -0.4 is 15.2 Å². The molecule has 0 radical (unpaired) electrons. The van der Waals surface area contributed by atoms with Gasteiger partial charge in [0.05, 0.1) is 18.7 Å². The second-order valence-corrected chi connectivity index (χ2v) is 4.28. The van der Waals surface area contributed by atoms with Gasteiger partial charge in [-0.2, -0.15) is 0 Å². The Morgan fingerprint density at radius 1 is 1.56 bits per heavy atom. The maximum atomic E-state index is 11.4. The Morgan fingerprint density at radius 3 is 2.89 bits per heavy atom. The molecular weight excluding hydrogens is 258 g/mol. The number of esters is 1. The summed E-state index contributed by atoms with van der Waals surface area (Å²) in [6.07, 6.45) is -0.114. The minimum Gasteiger partial charge on any atom is -0.493 e. The highest BCUT2D eigenvalue weighted by Gasteiger charge is 2.30. The number of halogens is 1. The van der Waals surface area contributed by atoms with Gasteiger partial charge < -0.3 is 19.9 Å². The molecule has 1 fully saturated rings. The van der Waals surface area contributed by atoms with Crippen LogP contribution in [-0.4, -0.2) is 25.8 Å². The van der Waals surface area contributed by atoms with Crippen molar-refractivity contribution in [1.82, 2.24) is 0 Å². The molecule has 1 saturated heterocycles. The summed E-state index contributed by atoms with van der Waals surface area (Å²) in [4.78, 5) is 11.4. The first kappa shape index (κ1) is 13.0. The third-order valence-corrected chi connectivity index (χ3v) is 2.95. The van der Waals surface area contributed by atoms with E-state index in [0.717, 1.165) is 5.56 Å². The standard InChI is InChI=1S/C12H14ClNO4/c1-16-10-5-7(6-14)4-8(13)11(10)18-9-2-3-17-12(9)15/h4-5,9H,2-3,6,14H2,1H3. The molecule has 0 saturated carbocycles. The first-order valence-electron chi connectivity index (χ1n) is 5.55. The molecule has 1 atom stereocenters. The number of carbonyl (C=O) groups is 1. The lowest BCUT2D eigenvalue weighted by Gasteiger charge is -2.16. The second kappa shape index (κ2) is 5.46. The average molecular weight is 272 g/mol. The first-order chi connectivity index (χ1) is 8.65. The maximum Gasteiger partial charge on any atom is 0.347 e. The predicted octanol–water partition coefficient (Wildman–Crippen LogP) is 1.50. The highest BCUT2D eigenvalue weighted by molar-refractivity contribution is 6.32. The SMILES string of the molecule is COc1cc(CN)cc(Cl)c1OC1CCOC1=O. The number of methoxy groups -OCH3 is 1. The minimum absolute atomic E-state index is 0.347. The first-order valence-corrected chi connectivity index (χ1v) is 5.93. The molecule has 1 aromatic rings. The van der Waals surface area contributed by atoms with Crippen molar-refractivity contribution >= 4 is 17.6 Å². The van der Waals surface area contributed by atoms with E-state index in [1.165, 1.54) is 7.11 Å². The Morgan fingerprint density at radius 2 is 2.33 bits per heavy atom. The number of ether oxygens (including phenoxy) is 3. The van der Waals surface area contributed by atoms with E-state index in [2.05, 4.69) is 0 Å². The molecule has 2 rings (SSSR count). The third-order valence-electron chi connectivity index (χ3n) is 2.67. The fraction of sp³-hybridized carbons (Fsp3) is 0.417. The van der Waals surface area contributed by atoms with E-state index in [9.17, 15) is 4.79 Å². The number of hydrogen-bond acceptors (Lipinski definition) is 5. The molecule has 0 aliphatic carbocycles. The highest BCUT2D eigenvalue weighted by Crippen LogP contribution is 2.37. The Kier molecular flexibility index (Phi) is 3.93. The Labute approximate surface area is 110 Å². The Balaban J connectivity index is 2.28. The van der Waals surface area contributed by atoms with Gasteiger partial charge in [0.2, 0.25) is 0 Å². The largest absolute Gasteiger partial charge is 0.493 e. The van der Waals surface area contributed by atoms with Gasteiger partial charge in [0.25, 0.3) is 0 Å². The summed E-state index contributed by atoms with van der Waals surface area (Å²) in [6, 6.07) is 3.43. The van der Waals surface area contributed by atoms with Crippen molar-refractivity contribution < 1.29 is 19.0 Å². The lowest BCUT2D eigenvalue weighted by molar-refractivity contribution is -0.143. The quantitative estimate of drug-likeness (QED) is 0.841. The van der Waals surface area contributed by atoms with E-state index >= 15 is 0 Å². The van der Waals surface area contributed by atoms with Gasteiger partial charge in [-0.05, 0) is 17.7 Å². The number of benzene rings is 1. The van der Waals surface area contributed by atoms with E-state index in [1.807, 2.05) is 0 Å². The van der Waals surface area contributed by atoms with Crippen LogP contribution in [0.5, 0.6) is 11.5 Å². The number of cyclic esters (lactones) is 1. The lowest BCUT2D eigenvalue weighted by atomic mass is 10.2. The molecule has 6 heteroatoms. The number of carbonyl (C=O) groups excluding carboxylic acids is 1. The maximum absolute atomic E-state index is 11.4. The van der Waals surface area contributed by atoms with Crippen LogP contribution in [-0.2, 0) is 16.1 Å². The molecule has 98 valence electrons. The van der Waals surface area contributed by atoms with Gasteiger partial charge in [-0.1, -0.05) is 11.6 Å². The second-order valence-electron chi connectivity index (χ2n) is 3.88. The van der Waals surface area contributed by atoms with Crippen molar-refractivity contribution in [2.75, 3.05) is 13.7 Å². The molecule has 5 nitrogen and oxygen atoms in total. The summed E-state index contributed by atoms with van der Waals surface area (Å²) < 4.78 is 15.6. The Bertz CT molecular complexity index is 464. The van der Waals surface area contributed by atoms with Crippen LogP contribution in [0.3, 0.4) is 0 Å². The van der Waals surface area contributed by atoms with Crippen molar-refractivity contribution in [2.24, 2.45) is 5.73 Å². The molecule has 2 N–H and O–H groups in total. The van der Waals surface area contributed by atoms with Crippen LogP contribution in [0.4, 0.5) is 0 Å². The topological polar surface area (TPSA) is 70.8 Å². The van der Waals surface area contributed by atoms with Crippen molar-refractivity contribution in [3.8, 4) is 11.5 Å². The molecule has 1 heterocycles. The van der Waals surface area contributed by atoms with E-state index in [0.29, 0.717) is 36.1 Å². The molecule has 0 bridgehead atoms. The number of nitrogens with two attached hydrogens (primary N) is 1. The van der Waals surface area contributed by atoms with Crippen molar-refractivity contribution in [2.45, 2.75) is 19.1 Å². The fourth-order valence-corrected chi connectivity index (χ4v) is 2.01. The average Bonchev–Trinajstić information content (AvgIpc) is 2.77. The van der Waals surface area contributed by atoms with E-state index in [1.54, 1.807) is 12.1 Å². The lowest BCUT2D eigenvalue weighted by Crippen LogP contribution is -2.22. The van der Waals surface area contributed by atoms with Gasteiger partial charge in [-0.3, -0.25) is 0 Å². The molecule has 0 amide bonds. The van der Waals surface area contributed by atoms with Crippen LogP contribution in [0.25, 0.3) is 0 Å². The molecule has 1 aromatic carbocycles. The van der Waals surface area contributed by atoms with Crippen LogP contribution >= 0.6 is 11.6 Å². The van der Waals surface area contributed by atoms with Crippen LogP contribution in [0.1, 0.15) is 12.0 Å². The van der Waals surface area contributed by atoms with Gasteiger partial charge in [0.15, 0.2) is 17.6 Å². The van der Waals surface area contributed by atoms with E-state index in [-0.39, 0.29) is 5.97 Å². The number of rotatable bonds is 4. The van der Waals surface area contributed by atoms with Crippen molar-refractivity contribution in [3.63, 3.8) is 0 Å². The molecular formula is C12H14ClNO4. The van der Waals surface area contributed by atoms with Crippen LogP contribution in [0.15, 0.2) is 12.1 Å². The fourth-order valence-electron chi connectivity index (χ4n) is 1.73. The summed E-state index contributed by atoms with van der Waals surface area (Å²) in [5, 5.41) is 0.370. The van der Waals surface area contributed by atoms with Crippen LogP contribution in [0, 0.1) is 0 Å². The molecule has 0 spiro atoms. The molecule has 1 aliphatic heterocycles. The smallest absolute Gasteiger partial charge is 0.347 e. The zero-order valence-corrected chi connectivity index (χ0v) is 10.7. The van der Waals surface area contributed by atoms with Gasteiger partial charge in [0, 0.05) is 13.0 Å². The summed E-state index contributed by atoms with van der Waals surface area (Å²) in [7, 11) is 1.51. The van der Waals surface area contributed by atoms with E-state index < -0.39 is 6.10 Å². The summed E-state index contributed by atoms with van der Waals surface area (Å²) in [6.45, 7) is 0.714. The zero-order chi connectivity index (χ0) is 13.1. The minimum atomic E-state index is -0.625. The summed E-state index contributed by atoms with van der Waals surface area (Å²) in [5.74, 6) is 0.430. The molecule has 18 heavy (non-hydrogen) atoms. The van der Waals surface area contributed by atoms with Gasteiger partial charge >= 0.3 is 5.97 Å². The van der Waals surface area contributed by atoms with Crippen molar-refractivity contribution in [1.29, 1.82) is 0 Å². The highest BCUT2D eigenvalue weighted by atomic mass is 35.5. The molecule has 0 aromatic heterocycles. The molecule has 1 aliphatic rings. The Hall–Kier alpha value is -1.46. The third kappa shape index (κ3) is 2.52. The predicted molar refractivity (Wildman–Crippen MR) is 65.9 cm³/mol. The summed E-state index contributed by atoms with van der Waals surface area (Å²) >= 11 is 6.11. The van der Waals surface area contributed by atoms with E-state index in [4.69, 9.17) is 31.5 Å². The van der Waals surface area contributed by atoms with Gasteiger partial charge in [0.1, 0.15) is 0 Å². The monoisotopic (exact) mass is 271 g/mol. The number of hydrogen-bond donors (Lipinski definition) is 1. The van der Waals surface area contributed by atoms with Crippen LogP contribution in [0.2, 0.25) is 5.02 Å². The van der Waals surface area contributed by atoms with Gasteiger partial charge in [-0.15, -0.1) is 0 Å².